The smallest absolute Gasteiger partial charge is 0.251 e. The Kier molecular flexibility index (Phi) is 6.97. The first-order valence-corrected chi connectivity index (χ1v) is 8.52. The number of carbonyl (C=O) groups is 2. The second-order valence-corrected chi connectivity index (χ2v) is 6.03. The Morgan fingerprint density at radius 3 is 2.42 bits per heavy atom. The summed E-state index contributed by atoms with van der Waals surface area (Å²) in [5.74, 6) is 0.442. The minimum Gasteiger partial charge on any atom is -0.491 e. The molecule has 0 bridgehead atoms. The van der Waals surface area contributed by atoms with Gasteiger partial charge in [0.15, 0.2) is 0 Å². The van der Waals surface area contributed by atoms with Crippen molar-refractivity contribution < 1.29 is 14.3 Å². The van der Waals surface area contributed by atoms with Gasteiger partial charge in [-0.3, -0.25) is 9.59 Å². The third-order valence-electron chi connectivity index (χ3n) is 3.62. The number of hydrogen-bond acceptors (Lipinski definition) is 3. The maximum atomic E-state index is 12.0. The van der Waals surface area contributed by atoms with Crippen LogP contribution in [-0.4, -0.2) is 25.0 Å². The quantitative estimate of drug-likeness (QED) is 0.752. The van der Waals surface area contributed by atoms with Gasteiger partial charge in [-0.1, -0.05) is 30.3 Å². The highest BCUT2D eigenvalue weighted by molar-refractivity contribution is 5.94. The molecule has 0 radical (unpaired) electrons. The van der Waals surface area contributed by atoms with Crippen molar-refractivity contribution in [1.82, 2.24) is 10.6 Å². The molecule has 0 aliphatic heterocycles. The molecule has 0 saturated carbocycles. The largest absolute Gasteiger partial charge is 0.491 e. The number of rotatable bonds is 7. The number of benzene rings is 2. The third kappa shape index (κ3) is 5.77. The van der Waals surface area contributed by atoms with Crippen LogP contribution in [0.15, 0.2) is 54.6 Å². The first-order chi connectivity index (χ1) is 12.5. The molecule has 136 valence electrons. The number of carbonyl (C=O) groups excluding carboxylic acids is 2. The topological polar surface area (TPSA) is 67.4 Å². The predicted octanol–water partition coefficient (Wildman–Crippen LogP) is 3.16. The van der Waals surface area contributed by atoms with E-state index in [0.29, 0.717) is 12.1 Å². The van der Waals surface area contributed by atoms with Crippen molar-refractivity contribution >= 4 is 17.9 Å². The lowest BCUT2D eigenvalue weighted by atomic mass is 10.1. The Morgan fingerprint density at radius 1 is 1.08 bits per heavy atom. The van der Waals surface area contributed by atoms with Gasteiger partial charge in [0.1, 0.15) is 5.75 Å². The normalized spacial score (nSPS) is 10.8. The lowest BCUT2D eigenvalue weighted by Gasteiger charge is -2.14. The molecule has 2 N–H and O–H groups in total. The molecular formula is C21H24N2O3. The zero-order chi connectivity index (χ0) is 18.9. The molecule has 0 fully saturated rings. The van der Waals surface area contributed by atoms with Gasteiger partial charge in [-0.25, -0.2) is 0 Å². The summed E-state index contributed by atoms with van der Waals surface area (Å²) in [6, 6.07) is 14.7. The Bertz CT molecular complexity index is 780. The zero-order valence-electron chi connectivity index (χ0n) is 15.3. The van der Waals surface area contributed by atoms with Gasteiger partial charge in [0.25, 0.3) is 5.91 Å². The molecule has 0 unspecified atom stereocenters. The van der Waals surface area contributed by atoms with Crippen LogP contribution in [0.25, 0.3) is 6.08 Å². The van der Waals surface area contributed by atoms with Crippen LogP contribution in [0.1, 0.15) is 35.3 Å². The van der Waals surface area contributed by atoms with Crippen molar-refractivity contribution in [2.45, 2.75) is 26.5 Å². The Hall–Kier alpha value is -3.08. The summed E-state index contributed by atoms with van der Waals surface area (Å²) in [5, 5.41) is 5.42. The molecule has 0 heterocycles. The first kappa shape index (κ1) is 19.2. The third-order valence-corrected chi connectivity index (χ3v) is 3.62. The van der Waals surface area contributed by atoms with Crippen molar-refractivity contribution in [3.05, 3.63) is 71.3 Å². The molecule has 0 spiro atoms. The number of para-hydroxylation sites is 1. The molecule has 2 rings (SSSR count). The van der Waals surface area contributed by atoms with E-state index in [2.05, 4.69) is 10.6 Å². The molecule has 0 aromatic heterocycles. The van der Waals surface area contributed by atoms with Crippen molar-refractivity contribution in [1.29, 1.82) is 0 Å². The van der Waals surface area contributed by atoms with Crippen LogP contribution in [0.4, 0.5) is 0 Å². The van der Waals surface area contributed by atoms with E-state index in [-0.39, 0.29) is 17.9 Å². The second-order valence-electron chi connectivity index (χ2n) is 6.03. The summed E-state index contributed by atoms with van der Waals surface area (Å²) < 4.78 is 5.74. The highest BCUT2D eigenvalue weighted by Crippen LogP contribution is 2.19. The van der Waals surface area contributed by atoms with Gasteiger partial charge in [0, 0.05) is 30.8 Å². The van der Waals surface area contributed by atoms with E-state index in [0.717, 1.165) is 16.9 Å². The molecule has 0 atom stereocenters. The molecule has 2 aromatic carbocycles. The lowest BCUT2D eigenvalue weighted by molar-refractivity contribution is -0.116. The molecule has 26 heavy (non-hydrogen) atoms. The second kappa shape index (κ2) is 9.42. The minimum absolute atomic E-state index is 0.0736. The number of ether oxygens (including phenoxy) is 1. The Morgan fingerprint density at radius 2 is 1.77 bits per heavy atom. The zero-order valence-corrected chi connectivity index (χ0v) is 15.3. The van der Waals surface area contributed by atoms with Gasteiger partial charge in [-0.05, 0) is 43.7 Å². The highest BCUT2D eigenvalue weighted by Gasteiger charge is 2.06. The van der Waals surface area contributed by atoms with Crippen molar-refractivity contribution in [3.63, 3.8) is 0 Å². The van der Waals surface area contributed by atoms with Gasteiger partial charge < -0.3 is 15.4 Å². The number of nitrogens with one attached hydrogen (secondary N) is 2. The van der Waals surface area contributed by atoms with Crippen molar-refractivity contribution in [3.8, 4) is 5.75 Å². The average molecular weight is 352 g/mol. The van der Waals surface area contributed by atoms with Gasteiger partial charge in [-0.2, -0.15) is 0 Å². The maximum Gasteiger partial charge on any atom is 0.251 e. The average Bonchev–Trinajstić information content (AvgIpc) is 2.65. The molecule has 2 aromatic rings. The SMILES string of the molecule is CNC(=O)c1ccc(C=CC(=O)NCc2ccccc2OC(C)C)cc1. The fraction of sp³-hybridized carbons (Fsp3) is 0.238. The van der Waals surface area contributed by atoms with E-state index in [1.165, 1.54) is 6.08 Å². The first-order valence-electron chi connectivity index (χ1n) is 8.52. The Labute approximate surface area is 154 Å². The molecule has 0 aliphatic carbocycles. The summed E-state index contributed by atoms with van der Waals surface area (Å²) in [5.41, 5.74) is 2.35. The predicted molar refractivity (Wildman–Crippen MR) is 103 cm³/mol. The highest BCUT2D eigenvalue weighted by atomic mass is 16.5. The fourth-order valence-electron chi connectivity index (χ4n) is 2.32. The van der Waals surface area contributed by atoms with Gasteiger partial charge in [0.05, 0.1) is 6.10 Å². The summed E-state index contributed by atoms with van der Waals surface area (Å²) in [6.45, 7) is 4.32. The minimum atomic E-state index is -0.195. The summed E-state index contributed by atoms with van der Waals surface area (Å²) in [4.78, 5) is 23.5. The van der Waals surface area contributed by atoms with E-state index in [9.17, 15) is 9.59 Å². The number of amides is 2. The van der Waals surface area contributed by atoms with Crippen molar-refractivity contribution in [2.75, 3.05) is 7.05 Å². The maximum absolute atomic E-state index is 12.0. The molecule has 0 saturated heterocycles. The fourth-order valence-corrected chi connectivity index (χ4v) is 2.32. The van der Waals surface area contributed by atoms with Gasteiger partial charge >= 0.3 is 0 Å². The van der Waals surface area contributed by atoms with E-state index in [1.54, 1.807) is 37.4 Å². The number of hydrogen-bond donors (Lipinski definition) is 2. The van der Waals surface area contributed by atoms with Crippen LogP contribution >= 0.6 is 0 Å². The molecular weight excluding hydrogens is 328 g/mol. The molecule has 5 heteroatoms. The lowest BCUT2D eigenvalue weighted by Crippen LogP contribution is -2.21. The van der Waals surface area contributed by atoms with Crippen LogP contribution in [0.3, 0.4) is 0 Å². The van der Waals surface area contributed by atoms with Crippen molar-refractivity contribution in [2.24, 2.45) is 0 Å². The van der Waals surface area contributed by atoms with Crippen LogP contribution < -0.4 is 15.4 Å². The van der Waals surface area contributed by atoms with E-state index >= 15 is 0 Å². The van der Waals surface area contributed by atoms with E-state index in [1.807, 2.05) is 38.1 Å². The molecule has 0 aliphatic rings. The van der Waals surface area contributed by atoms with Crippen LogP contribution in [-0.2, 0) is 11.3 Å². The van der Waals surface area contributed by atoms with Crippen LogP contribution in [0.5, 0.6) is 5.75 Å². The summed E-state index contributed by atoms with van der Waals surface area (Å²) in [6.07, 6.45) is 3.25. The van der Waals surface area contributed by atoms with Gasteiger partial charge in [-0.15, -0.1) is 0 Å². The van der Waals surface area contributed by atoms with Crippen LogP contribution in [0, 0.1) is 0 Å². The molecule has 5 nitrogen and oxygen atoms in total. The van der Waals surface area contributed by atoms with E-state index < -0.39 is 0 Å². The molecule has 2 amide bonds. The Balaban J connectivity index is 1.93. The monoisotopic (exact) mass is 352 g/mol. The summed E-state index contributed by atoms with van der Waals surface area (Å²) in [7, 11) is 1.59. The standard InChI is InChI=1S/C21H24N2O3/c1-15(2)26-19-7-5-4-6-18(19)14-23-20(24)13-10-16-8-11-17(12-9-16)21(25)22-3/h4-13,15H,14H2,1-3H3,(H,22,25)(H,23,24). The van der Waals surface area contributed by atoms with Crippen LogP contribution in [0.2, 0.25) is 0 Å². The van der Waals surface area contributed by atoms with E-state index in [4.69, 9.17) is 4.74 Å². The summed E-state index contributed by atoms with van der Waals surface area (Å²) >= 11 is 0. The van der Waals surface area contributed by atoms with Gasteiger partial charge in [0.2, 0.25) is 5.91 Å².